The van der Waals surface area contributed by atoms with E-state index in [1.807, 2.05) is 0 Å². The van der Waals surface area contributed by atoms with Crippen molar-refractivity contribution in [3.8, 4) is 0 Å². The molecule has 6 nitrogen and oxygen atoms in total. The smallest absolute Gasteiger partial charge is 0.303 e. The molecule has 0 aliphatic carbocycles. The van der Waals surface area contributed by atoms with Gasteiger partial charge < -0.3 is 14.5 Å². The molecule has 28 heavy (non-hydrogen) atoms. The first-order valence-electron chi connectivity index (χ1n) is 11.0. The monoisotopic (exact) mass is 398 g/mol. The lowest BCUT2D eigenvalue weighted by molar-refractivity contribution is -0.160. The van der Waals surface area contributed by atoms with Gasteiger partial charge in [-0.15, -0.1) is 0 Å². The van der Waals surface area contributed by atoms with Gasteiger partial charge in [0.25, 0.3) is 5.91 Å². The van der Waals surface area contributed by atoms with Crippen LogP contribution >= 0.6 is 0 Å². The molecule has 0 spiro atoms. The molecule has 0 bridgehead atoms. The summed E-state index contributed by atoms with van der Waals surface area (Å²) in [7, 11) is 3.45. The van der Waals surface area contributed by atoms with Crippen molar-refractivity contribution in [3.63, 3.8) is 0 Å². The van der Waals surface area contributed by atoms with E-state index in [0.29, 0.717) is 13.1 Å². The van der Waals surface area contributed by atoms with Gasteiger partial charge in [-0.05, 0) is 12.8 Å². The van der Waals surface area contributed by atoms with Crippen LogP contribution in [0.25, 0.3) is 0 Å². The average Bonchev–Trinajstić information content (AvgIpc) is 2.65. The number of hydrogen-bond acceptors (Lipinski definition) is 4. The molecule has 0 rings (SSSR count). The van der Waals surface area contributed by atoms with Gasteiger partial charge in [0.15, 0.2) is 6.10 Å². The summed E-state index contributed by atoms with van der Waals surface area (Å²) in [5.74, 6) is -0.994. The molecular formula is C22H42N2O4. The number of carbonyl (C=O) groups is 3. The molecule has 0 N–H and O–H groups in total. The maximum atomic E-state index is 12.7. The first-order chi connectivity index (χ1) is 13.3. The molecule has 1 atom stereocenters. The van der Waals surface area contributed by atoms with E-state index in [1.54, 1.807) is 23.9 Å². The van der Waals surface area contributed by atoms with Gasteiger partial charge in [-0.2, -0.15) is 0 Å². The molecular weight excluding hydrogens is 356 g/mol. The highest BCUT2D eigenvalue weighted by molar-refractivity contribution is 5.89. The summed E-state index contributed by atoms with van der Waals surface area (Å²) in [5, 5.41) is 0. The lowest BCUT2D eigenvalue weighted by Crippen LogP contribution is -2.42. The Labute approximate surface area is 172 Å². The summed E-state index contributed by atoms with van der Waals surface area (Å²) in [5.41, 5.74) is 0. The third-order valence-electron chi connectivity index (χ3n) is 4.94. The van der Waals surface area contributed by atoms with Crippen molar-refractivity contribution in [3.05, 3.63) is 0 Å². The molecule has 164 valence electrons. The van der Waals surface area contributed by atoms with E-state index in [1.165, 1.54) is 39.0 Å². The van der Waals surface area contributed by atoms with E-state index in [9.17, 15) is 14.4 Å². The molecule has 6 heteroatoms. The van der Waals surface area contributed by atoms with Crippen LogP contribution < -0.4 is 0 Å². The molecule has 0 aromatic heterocycles. The van der Waals surface area contributed by atoms with Crippen LogP contribution in [-0.2, 0) is 19.1 Å². The first-order valence-corrected chi connectivity index (χ1v) is 11.0. The molecule has 0 radical (unpaired) electrons. The summed E-state index contributed by atoms with van der Waals surface area (Å²) in [4.78, 5) is 39.8. The van der Waals surface area contributed by atoms with Crippen molar-refractivity contribution in [1.82, 2.24) is 9.80 Å². The maximum absolute atomic E-state index is 12.7. The Morgan fingerprint density at radius 1 is 0.750 bits per heavy atom. The number of unbranched alkanes of at least 4 members (excludes halogenated alkanes) is 8. The van der Waals surface area contributed by atoms with Crippen molar-refractivity contribution in [2.45, 2.75) is 97.5 Å². The third kappa shape index (κ3) is 12.7. The van der Waals surface area contributed by atoms with Crippen LogP contribution in [0, 0.1) is 0 Å². The molecule has 0 aliphatic rings. The van der Waals surface area contributed by atoms with E-state index in [0.717, 1.165) is 32.1 Å². The van der Waals surface area contributed by atoms with Crippen LogP contribution in [-0.4, -0.2) is 60.9 Å². The Morgan fingerprint density at radius 2 is 1.21 bits per heavy atom. The minimum absolute atomic E-state index is 0.0932. The van der Waals surface area contributed by atoms with Crippen LogP contribution in [0.2, 0.25) is 0 Å². The van der Waals surface area contributed by atoms with Crippen LogP contribution in [0.4, 0.5) is 0 Å². The predicted molar refractivity (Wildman–Crippen MR) is 113 cm³/mol. The van der Waals surface area contributed by atoms with Crippen molar-refractivity contribution >= 4 is 17.8 Å². The number of carbonyl (C=O) groups excluding carboxylic acids is 3. The van der Waals surface area contributed by atoms with Gasteiger partial charge in [-0.1, -0.05) is 65.2 Å². The Balaban J connectivity index is 4.51. The van der Waals surface area contributed by atoms with Crippen molar-refractivity contribution in [1.29, 1.82) is 0 Å². The molecule has 0 fully saturated rings. The predicted octanol–water partition coefficient (Wildman–Crippen LogP) is 4.17. The Bertz CT molecular complexity index is 454. The highest BCUT2D eigenvalue weighted by atomic mass is 16.5. The number of nitrogens with zero attached hydrogens (tertiary/aromatic N) is 2. The summed E-state index contributed by atoms with van der Waals surface area (Å²) in [6.07, 6.45) is 10.0. The molecule has 0 aromatic rings. The van der Waals surface area contributed by atoms with Gasteiger partial charge in [0.05, 0.1) is 6.42 Å². The second kappa shape index (κ2) is 16.4. The summed E-state index contributed by atoms with van der Waals surface area (Å²) in [6.45, 7) is 6.88. The molecule has 2 amide bonds. The Morgan fingerprint density at radius 3 is 1.68 bits per heavy atom. The maximum Gasteiger partial charge on any atom is 0.303 e. The number of ether oxygens (including phenoxy) is 1. The lowest BCUT2D eigenvalue weighted by Gasteiger charge is -2.25. The average molecular weight is 399 g/mol. The minimum Gasteiger partial charge on any atom is -0.452 e. The highest BCUT2D eigenvalue weighted by Crippen LogP contribution is 2.10. The number of hydrogen-bond donors (Lipinski definition) is 0. The zero-order chi connectivity index (χ0) is 21.4. The molecule has 0 aromatic carbocycles. The third-order valence-corrected chi connectivity index (χ3v) is 4.94. The van der Waals surface area contributed by atoms with E-state index >= 15 is 0 Å². The van der Waals surface area contributed by atoms with Gasteiger partial charge in [-0.3, -0.25) is 14.4 Å². The van der Waals surface area contributed by atoms with E-state index in [4.69, 9.17) is 4.74 Å². The van der Waals surface area contributed by atoms with Crippen molar-refractivity contribution in [2.75, 3.05) is 27.2 Å². The zero-order valence-electron chi connectivity index (χ0n) is 18.8. The van der Waals surface area contributed by atoms with Crippen LogP contribution in [0.1, 0.15) is 91.4 Å². The van der Waals surface area contributed by atoms with Crippen LogP contribution in [0.15, 0.2) is 0 Å². The standard InChI is InChI=1S/C22H42N2O4/c1-6-8-10-12-14-16-23(4)21(26)18-20(28-19(3)25)22(27)24(5)17-15-13-11-9-7-2/h20H,6-18H2,1-5H3. The minimum atomic E-state index is -1.03. The first kappa shape index (κ1) is 26.4. The lowest BCUT2D eigenvalue weighted by atomic mass is 10.1. The quantitative estimate of drug-likeness (QED) is 0.289. The second-order valence-electron chi connectivity index (χ2n) is 7.71. The number of esters is 1. The number of rotatable bonds is 16. The normalized spacial score (nSPS) is 11.8. The zero-order valence-corrected chi connectivity index (χ0v) is 18.8. The SMILES string of the molecule is CCCCCCCN(C)C(=O)CC(OC(C)=O)C(=O)N(C)CCCCCCC. The van der Waals surface area contributed by atoms with E-state index in [2.05, 4.69) is 13.8 Å². The van der Waals surface area contributed by atoms with Gasteiger partial charge in [0.2, 0.25) is 5.91 Å². The second-order valence-corrected chi connectivity index (χ2v) is 7.71. The largest absolute Gasteiger partial charge is 0.452 e. The molecule has 0 saturated heterocycles. The molecule has 0 aliphatic heterocycles. The molecule has 1 unspecified atom stereocenters. The fraction of sp³-hybridized carbons (Fsp3) is 0.864. The fourth-order valence-corrected chi connectivity index (χ4v) is 3.08. The topological polar surface area (TPSA) is 66.9 Å². The molecule has 0 heterocycles. The van der Waals surface area contributed by atoms with Gasteiger partial charge in [-0.25, -0.2) is 0 Å². The Kier molecular flexibility index (Phi) is 15.4. The fourth-order valence-electron chi connectivity index (χ4n) is 3.08. The Hall–Kier alpha value is -1.59. The van der Waals surface area contributed by atoms with Gasteiger partial charge in [0, 0.05) is 34.1 Å². The van der Waals surface area contributed by atoms with Crippen LogP contribution in [0.5, 0.6) is 0 Å². The van der Waals surface area contributed by atoms with Crippen LogP contribution in [0.3, 0.4) is 0 Å². The number of likely N-dealkylation sites (N-methyl/N-ethyl adjacent to an activating group) is 1. The van der Waals surface area contributed by atoms with E-state index < -0.39 is 12.1 Å². The highest BCUT2D eigenvalue weighted by Gasteiger charge is 2.28. The van der Waals surface area contributed by atoms with Crippen molar-refractivity contribution in [2.24, 2.45) is 0 Å². The van der Waals surface area contributed by atoms with Gasteiger partial charge >= 0.3 is 5.97 Å². The summed E-state index contributed by atoms with van der Waals surface area (Å²) >= 11 is 0. The van der Waals surface area contributed by atoms with Gasteiger partial charge in [0.1, 0.15) is 0 Å². The summed E-state index contributed by atoms with van der Waals surface area (Å²) in [6, 6.07) is 0. The summed E-state index contributed by atoms with van der Waals surface area (Å²) < 4.78 is 5.18. The number of amides is 2. The van der Waals surface area contributed by atoms with Crippen molar-refractivity contribution < 1.29 is 19.1 Å². The molecule has 0 saturated carbocycles. The van der Waals surface area contributed by atoms with E-state index in [-0.39, 0.29) is 18.2 Å².